The van der Waals surface area contributed by atoms with E-state index in [1.807, 2.05) is 61.5 Å². The number of piperidine rings is 1. The summed E-state index contributed by atoms with van der Waals surface area (Å²) in [6, 6.07) is 24.0. The zero-order chi connectivity index (χ0) is 28.9. The number of hydrogen-bond acceptors (Lipinski definition) is 7. The molecule has 1 aliphatic rings. The molecule has 2 aromatic heterocycles. The van der Waals surface area contributed by atoms with Crippen molar-refractivity contribution >= 4 is 40.0 Å². The van der Waals surface area contributed by atoms with Crippen molar-refractivity contribution in [3.8, 4) is 0 Å². The molecule has 5 aromatic rings. The fraction of sp³-hybridized carbons (Fsp3) is 0.212. The molecular formula is C33H32FN7O. The van der Waals surface area contributed by atoms with Gasteiger partial charge >= 0.3 is 0 Å². The number of aromatic nitrogens is 3. The lowest BCUT2D eigenvalue weighted by molar-refractivity contribution is 0.0968. The van der Waals surface area contributed by atoms with Crippen LogP contribution in [0.4, 0.5) is 27.7 Å². The number of amides is 1. The van der Waals surface area contributed by atoms with E-state index in [1.165, 1.54) is 12.1 Å². The van der Waals surface area contributed by atoms with Crippen molar-refractivity contribution in [1.29, 1.82) is 0 Å². The number of rotatable bonds is 8. The first-order chi connectivity index (χ1) is 20.6. The molecule has 0 unspecified atom stereocenters. The standard InChI is InChI=1S/C33H32FN7O/c1-22-7-5-10-24-14-17-36-31(30(22)24)41(26-11-6-16-35-21-26)32(42)27-13-12-25(19-28(27)34)39-33-37-18-15-29(40-33)38-20-23-8-3-2-4-9-23/h2-5,7-10,12-15,17-19,26,35H,6,11,16,20-21H2,1H3,(H2,37,38,39,40)/t26-/m1/s1. The second-order valence-corrected chi connectivity index (χ2v) is 10.4. The van der Waals surface area contributed by atoms with E-state index in [9.17, 15) is 4.79 Å². The SMILES string of the molecule is Cc1cccc2ccnc(N(C(=O)c3ccc(Nc4nccc(NCc5ccccc5)n4)cc3F)[C@@H]3CCCNC3)c12. The van der Waals surface area contributed by atoms with Crippen LogP contribution in [-0.2, 0) is 6.54 Å². The van der Waals surface area contributed by atoms with Crippen LogP contribution < -0.4 is 20.9 Å². The summed E-state index contributed by atoms with van der Waals surface area (Å²) >= 11 is 0. The van der Waals surface area contributed by atoms with E-state index in [0.717, 1.165) is 41.3 Å². The van der Waals surface area contributed by atoms with E-state index in [4.69, 9.17) is 0 Å². The predicted octanol–water partition coefficient (Wildman–Crippen LogP) is 6.23. The fourth-order valence-corrected chi connectivity index (χ4v) is 5.39. The number of nitrogens with zero attached hydrogens (tertiary/aromatic N) is 4. The highest BCUT2D eigenvalue weighted by atomic mass is 19.1. The van der Waals surface area contributed by atoms with Crippen LogP contribution >= 0.6 is 0 Å². The third-order valence-corrected chi connectivity index (χ3v) is 7.49. The Hall–Kier alpha value is -4.89. The Bertz CT molecular complexity index is 1700. The van der Waals surface area contributed by atoms with Gasteiger partial charge in [-0.25, -0.2) is 14.4 Å². The van der Waals surface area contributed by atoms with Gasteiger partial charge < -0.3 is 16.0 Å². The molecule has 3 N–H and O–H groups in total. The van der Waals surface area contributed by atoms with Gasteiger partial charge in [0.25, 0.3) is 5.91 Å². The van der Waals surface area contributed by atoms with Crippen LogP contribution in [0, 0.1) is 12.7 Å². The van der Waals surface area contributed by atoms with Crippen LogP contribution in [0.15, 0.2) is 91.3 Å². The van der Waals surface area contributed by atoms with Crippen LogP contribution in [0.2, 0.25) is 0 Å². The van der Waals surface area contributed by atoms with Crippen molar-refractivity contribution < 1.29 is 9.18 Å². The molecule has 0 saturated carbocycles. The van der Waals surface area contributed by atoms with Gasteiger partial charge in [0.15, 0.2) is 0 Å². The molecule has 0 aliphatic carbocycles. The zero-order valence-corrected chi connectivity index (χ0v) is 23.3. The Balaban J connectivity index is 1.25. The van der Waals surface area contributed by atoms with Crippen molar-refractivity contribution in [1.82, 2.24) is 20.3 Å². The molecule has 1 atom stereocenters. The van der Waals surface area contributed by atoms with Gasteiger partial charge in [0.1, 0.15) is 17.5 Å². The molecule has 0 bridgehead atoms. The third kappa shape index (κ3) is 5.91. The van der Waals surface area contributed by atoms with E-state index < -0.39 is 11.7 Å². The van der Waals surface area contributed by atoms with Gasteiger partial charge in [0.2, 0.25) is 5.95 Å². The molecule has 3 heterocycles. The van der Waals surface area contributed by atoms with Crippen molar-refractivity contribution in [3.05, 3.63) is 114 Å². The maximum absolute atomic E-state index is 15.7. The van der Waals surface area contributed by atoms with Crippen molar-refractivity contribution in [2.75, 3.05) is 28.6 Å². The largest absolute Gasteiger partial charge is 0.366 e. The number of benzene rings is 3. The minimum atomic E-state index is -0.630. The monoisotopic (exact) mass is 561 g/mol. The molecule has 3 aromatic carbocycles. The minimum Gasteiger partial charge on any atom is -0.366 e. The van der Waals surface area contributed by atoms with Gasteiger partial charge in [-0.15, -0.1) is 0 Å². The molecule has 0 radical (unpaired) electrons. The van der Waals surface area contributed by atoms with Gasteiger partial charge in [-0.3, -0.25) is 9.69 Å². The Morgan fingerprint density at radius 2 is 1.88 bits per heavy atom. The molecule has 8 nitrogen and oxygen atoms in total. The van der Waals surface area contributed by atoms with Crippen molar-refractivity contribution in [3.63, 3.8) is 0 Å². The minimum absolute atomic E-state index is 0.0160. The third-order valence-electron chi connectivity index (χ3n) is 7.49. The first-order valence-electron chi connectivity index (χ1n) is 14.1. The summed E-state index contributed by atoms with van der Waals surface area (Å²) in [5, 5.41) is 11.6. The number of nitrogens with one attached hydrogen (secondary N) is 3. The summed E-state index contributed by atoms with van der Waals surface area (Å²) in [7, 11) is 0. The van der Waals surface area contributed by atoms with E-state index in [0.29, 0.717) is 36.4 Å². The number of halogens is 1. The smallest absolute Gasteiger partial charge is 0.262 e. The predicted molar refractivity (Wildman–Crippen MR) is 165 cm³/mol. The second-order valence-electron chi connectivity index (χ2n) is 10.4. The van der Waals surface area contributed by atoms with Crippen molar-refractivity contribution in [2.24, 2.45) is 0 Å². The van der Waals surface area contributed by atoms with Gasteiger partial charge in [0.05, 0.1) is 11.6 Å². The lowest BCUT2D eigenvalue weighted by Gasteiger charge is -2.35. The number of hydrogen-bond donors (Lipinski definition) is 3. The summed E-state index contributed by atoms with van der Waals surface area (Å²) in [5.41, 5.74) is 2.56. The number of pyridine rings is 1. The Morgan fingerprint density at radius 3 is 2.69 bits per heavy atom. The highest BCUT2D eigenvalue weighted by molar-refractivity contribution is 6.11. The maximum Gasteiger partial charge on any atom is 0.262 e. The lowest BCUT2D eigenvalue weighted by atomic mass is 10.0. The van der Waals surface area contributed by atoms with Crippen LogP contribution in [0.5, 0.6) is 0 Å². The lowest BCUT2D eigenvalue weighted by Crippen LogP contribution is -2.49. The first kappa shape index (κ1) is 27.3. The Kier molecular flexibility index (Phi) is 8.00. The Morgan fingerprint density at radius 1 is 1.02 bits per heavy atom. The van der Waals surface area contributed by atoms with Crippen LogP contribution in [0.25, 0.3) is 10.8 Å². The average molecular weight is 562 g/mol. The molecule has 1 amide bonds. The second kappa shape index (κ2) is 12.3. The summed E-state index contributed by atoms with van der Waals surface area (Å²) in [4.78, 5) is 29.2. The van der Waals surface area contributed by atoms with Crippen molar-refractivity contribution in [2.45, 2.75) is 32.4 Å². The van der Waals surface area contributed by atoms with Gasteiger partial charge in [-0.1, -0.05) is 48.5 Å². The van der Waals surface area contributed by atoms with Gasteiger partial charge in [0, 0.05) is 36.6 Å². The molecule has 9 heteroatoms. The quantitative estimate of drug-likeness (QED) is 0.207. The molecule has 6 rings (SSSR count). The summed E-state index contributed by atoms with van der Waals surface area (Å²) < 4.78 is 15.7. The molecular weight excluding hydrogens is 529 g/mol. The number of anilines is 4. The van der Waals surface area contributed by atoms with E-state index >= 15 is 4.39 Å². The summed E-state index contributed by atoms with van der Waals surface area (Å²) in [6.07, 6.45) is 5.06. The highest BCUT2D eigenvalue weighted by Crippen LogP contribution is 2.32. The Labute approximate surface area is 244 Å². The average Bonchev–Trinajstić information content (AvgIpc) is 3.02. The maximum atomic E-state index is 15.7. The van der Waals surface area contributed by atoms with E-state index in [-0.39, 0.29) is 11.6 Å². The van der Waals surface area contributed by atoms with Gasteiger partial charge in [-0.2, -0.15) is 4.98 Å². The number of carbonyl (C=O) groups is 1. The number of aryl methyl sites for hydroxylation is 1. The van der Waals surface area contributed by atoms with Gasteiger partial charge in [-0.05, 0) is 73.2 Å². The first-order valence-corrected chi connectivity index (χ1v) is 14.1. The van der Waals surface area contributed by atoms with Crippen LogP contribution in [-0.4, -0.2) is 40.0 Å². The highest BCUT2D eigenvalue weighted by Gasteiger charge is 2.31. The molecule has 42 heavy (non-hydrogen) atoms. The van der Waals surface area contributed by atoms with E-state index in [1.54, 1.807) is 29.4 Å². The number of fused-ring (bicyclic) bond motifs is 1. The van der Waals surface area contributed by atoms with Crippen LogP contribution in [0.3, 0.4) is 0 Å². The normalized spacial score (nSPS) is 14.9. The molecule has 212 valence electrons. The topological polar surface area (TPSA) is 95.1 Å². The molecule has 0 spiro atoms. The van der Waals surface area contributed by atoms with Crippen LogP contribution in [0.1, 0.15) is 34.3 Å². The summed E-state index contributed by atoms with van der Waals surface area (Å²) in [5.74, 6) is 0.461. The molecule has 1 fully saturated rings. The molecule has 1 aliphatic heterocycles. The fourth-order valence-electron chi connectivity index (χ4n) is 5.39. The zero-order valence-electron chi connectivity index (χ0n) is 23.3. The van der Waals surface area contributed by atoms with E-state index in [2.05, 4.69) is 30.9 Å². The molecule has 1 saturated heterocycles. The summed E-state index contributed by atoms with van der Waals surface area (Å²) in [6.45, 7) is 4.12. The number of carbonyl (C=O) groups excluding carboxylic acids is 1.